The standard InChI is InChI=1S/C20H29N3O2/c24-20(22-9-11-25-12-10-22)21-17-13-18-7-4-8-19(14-17)23(18)15-16-5-2-1-3-6-16/h1-3,5-6,17-19H,4,7-15H2,(H,21,24). The van der Waals surface area contributed by atoms with Crippen molar-refractivity contribution >= 4 is 6.03 Å². The summed E-state index contributed by atoms with van der Waals surface area (Å²) < 4.78 is 5.34. The number of amides is 2. The Kier molecular flexibility index (Phi) is 5.22. The average molecular weight is 343 g/mol. The van der Waals surface area contributed by atoms with Crippen LogP contribution in [0.15, 0.2) is 30.3 Å². The van der Waals surface area contributed by atoms with Crippen molar-refractivity contribution in [3.8, 4) is 0 Å². The molecule has 25 heavy (non-hydrogen) atoms. The quantitative estimate of drug-likeness (QED) is 0.918. The molecule has 2 atom stereocenters. The number of carbonyl (C=O) groups excluding carboxylic acids is 1. The van der Waals surface area contributed by atoms with Crippen molar-refractivity contribution in [1.82, 2.24) is 15.1 Å². The lowest BCUT2D eigenvalue weighted by molar-refractivity contribution is 0.0161. The molecule has 3 heterocycles. The maximum atomic E-state index is 12.5. The van der Waals surface area contributed by atoms with Crippen LogP contribution in [0.3, 0.4) is 0 Å². The van der Waals surface area contributed by atoms with Crippen LogP contribution in [0.4, 0.5) is 4.79 Å². The average Bonchev–Trinajstić information content (AvgIpc) is 2.64. The summed E-state index contributed by atoms with van der Waals surface area (Å²) in [6, 6.07) is 12.4. The number of carbonyl (C=O) groups is 1. The van der Waals surface area contributed by atoms with Crippen LogP contribution >= 0.6 is 0 Å². The lowest BCUT2D eigenvalue weighted by atomic mass is 9.81. The summed E-state index contributed by atoms with van der Waals surface area (Å²) in [7, 11) is 0. The molecule has 1 aromatic rings. The van der Waals surface area contributed by atoms with Crippen molar-refractivity contribution in [3.05, 3.63) is 35.9 Å². The van der Waals surface area contributed by atoms with Crippen molar-refractivity contribution in [2.45, 2.75) is 56.8 Å². The Bertz CT molecular complexity index is 560. The molecule has 0 aromatic heterocycles. The van der Waals surface area contributed by atoms with Crippen molar-refractivity contribution in [2.24, 2.45) is 0 Å². The zero-order chi connectivity index (χ0) is 17.1. The first-order chi connectivity index (χ1) is 12.3. The van der Waals surface area contributed by atoms with Gasteiger partial charge in [-0.1, -0.05) is 36.8 Å². The molecule has 2 bridgehead atoms. The SMILES string of the molecule is O=C(NC1CC2CCCC(C1)N2Cc1ccccc1)N1CCOCC1. The van der Waals surface area contributed by atoms with Gasteiger partial charge in [0.15, 0.2) is 0 Å². The van der Waals surface area contributed by atoms with E-state index in [0.29, 0.717) is 44.4 Å². The molecular formula is C20H29N3O2. The molecule has 3 fully saturated rings. The Morgan fingerprint density at radius 2 is 1.76 bits per heavy atom. The van der Waals surface area contributed by atoms with Crippen LogP contribution in [0.2, 0.25) is 0 Å². The van der Waals surface area contributed by atoms with Gasteiger partial charge >= 0.3 is 6.03 Å². The second-order valence-corrected chi connectivity index (χ2v) is 7.61. The monoisotopic (exact) mass is 343 g/mol. The predicted octanol–water partition coefficient (Wildman–Crippen LogP) is 2.61. The van der Waals surface area contributed by atoms with Gasteiger partial charge in [0.05, 0.1) is 13.2 Å². The molecule has 3 aliphatic heterocycles. The van der Waals surface area contributed by atoms with E-state index in [2.05, 4.69) is 40.5 Å². The molecule has 3 aliphatic rings. The third-order valence-corrected chi connectivity index (χ3v) is 5.96. The fraction of sp³-hybridized carbons (Fsp3) is 0.650. The number of morpholine rings is 1. The maximum Gasteiger partial charge on any atom is 0.317 e. The van der Waals surface area contributed by atoms with Crippen molar-refractivity contribution in [1.29, 1.82) is 0 Å². The number of fused-ring (bicyclic) bond motifs is 2. The topological polar surface area (TPSA) is 44.8 Å². The van der Waals surface area contributed by atoms with E-state index in [9.17, 15) is 4.79 Å². The predicted molar refractivity (Wildman–Crippen MR) is 97.4 cm³/mol. The first kappa shape index (κ1) is 16.9. The normalized spacial score (nSPS) is 30.1. The fourth-order valence-electron chi connectivity index (χ4n) is 4.68. The molecule has 1 aromatic carbocycles. The number of nitrogens with one attached hydrogen (secondary N) is 1. The van der Waals surface area contributed by atoms with Gasteiger partial charge in [0, 0.05) is 37.8 Å². The van der Waals surface area contributed by atoms with Crippen LogP contribution in [-0.4, -0.2) is 60.3 Å². The molecule has 5 heteroatoms. The summed E-state index contributed by atoms with van der Waals surface area (Å²) >= 11 is 0. The highest BCUT2D eigenvalue weighted by molar-refractivity contribution is 5.74. The molecule has 1 N–H and O–H groups in total. The zero-order valence-corrected chi connectivity index (χ0v) is 14.9. The van der Waals surface area contributed by atoms with Crippen LogP contribution in [0, 0.1) is 0 Å². The molecule has 5 nitrogen and oxygen atoms in total. The van der Waals surface area contributed by atoms with Gasteiger partial charge in [-0.25, -0.2) is 4.79 Å². The van der Waals surface area contributed by atoms with Gasteiger partial charge in [0.2, 0.25) is 0 Å². The van der Waals surface area contributed by atoms with E-state index in [-0.39, 0.29) is 6.03 Å². The van der Waals surface area contributed by atoms with Gasteiger partial charge < -0.3 is 15.0 Å². The number of piperidine rings is 2. The lowest BCUT2D eigenvalue weighted by Crippen LogP contribution is -2.58. The van der Waals surface area contributed by atoms with Crippen molar-refractivity contribution in [2.75, 3.05) is 26.3 Å². The van der Waals surface area contributed by atoms with Gasteiger partial charge in [0.25, 0.3) is 0 Å². The molecule has 4 rings (SSSR count). The molecule has 0 aliphatic carbocycles. The van der Waals surface area contributed by atoms with Crippen molar-refractivity contribution in [3.63, 3.8) is 0 Å². The maximum absolute atomic E-state index is 12.5. The number of benzene rings is 1. The van der Waals surface area contributed by atoms with E-state index >= 15 is 0 Å². The highest BCUT2D eigenvalue weighted by Gasteiger charge is 2.38. The van der Waals surface area contributed by atoms with Gasteiger partial charge in [-0.15, -0.1) is 0 Å². The molecular weight excluding hydrogens is 314 g/mol. The Balaban J connectivity index is 1.36. The van der Waals surface area contributed by atoms with E-state index in [1.807, 2.05) is 4.90 Å². The van der Waals surface area contributed by atoms with Crippen molar-refractivity contribution < 1.29 is 9.53 Å². The Labute approximate surface area is 150 Å². The zero-order valence-electron chi connectivity index (χ0n) is 14.9. The Morgan fingerprint density at radius 1 is 1.08 bits per heavy atom. The van der Waals surface area contributed by atoms with Crippen LogP contribution in [0.1, 0.15) is 37.7 Å². The summed E-state index contributed by atoms with van der Waals surface area (Å²) in [5, 5.41) is 3.31. The largest absolute Gasteiger partial charge is 0.378 e. The molecule has 0 saturated carbocycles. The van der Waals surface area contributed by atoms with E-state index in [4.69, 9.17) is 4.74 Å². The first-order valence-corrected chi connectivity index (χ1v) is 9.72. The smallest absolute Gasteiger partial charge is 0.317 e. The Morgan fingerprint density at radius 3 is 2.44 bits per heavy atom. The second kappa shape index (κ2) is 7.75. The number of urea groups is 1. The summed E-state index contributed by atoms with van der Waals surface area (Å²) in [5.41, 5.74) is 1.40. The minimum absolute atomic E-state index is 0.0999. The number of nitrogens with zero attached hydrogens (tertiary/aromatic N) is 2. The number of hydrogen-bond donors (Lipinski definition) is 1. The molecule has 2 amide bonds. The summed E-state index contributed by atoms with van der Waals surface area (Å²) in [4.78, 5) is 17.1. The fourth-order valence-corrected chi connectivity index (χ4v) is 4.68. The summed E-state index contributed by atoms with van der Waals surface area (Å²) in [6.45, 7) is 3.79. The Hall–Kier alpha value is -1.59. The van der Waals surface area contributed by atoms with E-state index in [1.165, 1.54) is 24.8 Å². The third-order valence-electron chi connectivity index (χ3n) is 5.96. The van der Waals surface area contributed by atoms with Gasteiger partial charge in [0.1, 0.15) is 0 Å². The van der Waals surface area contributed by atoms with Crippen LogP contribution in [0.5, 0.6) is 0 Å². The van der Waals surface area contributed by atoms with E-state index in [1.54, 1.807) is 0 Å². The van der Waals surface area contributed by atoms with E-state index < -0.39 is 0 Å². The van der Waals surface area contributed by atoms with Gasteiger partial charge in [-0.05, 0) is 31.2 Å². The highest BCUT2D eigenvalue weighted by atomic mass is 16.5. The van der Waals surface area contributed by atoms with Gasteiger partial charge in [-0.2, -0.15) is 0 Å². The summed E-state index contributed by atoms with van der Waals surface area (Å²) in [5.74, 6) is 0. The second-order valence-electron chi connectivity index (χ2n) is 7.61. The molecule has 136 valence electrons. The molecule has 2 unspecified atom stereocenters. The minimum atomic E-state index is 0.0999. The minimum Gasteiger partial charge on any atom is -0.378 e. The van der Waals surface area contributed by atoms with Crippen LogP contribution < -0.4 is 5.32 Å². The third kappa shape index (κ3) is 3.98. The molecule has 3 saturated heterocycles. The molecule has 0 spiro atoms. The van der Waals surface area contributed by atoms with E-state index in [0.717, 1.165) is 19.4 Å². The summed E-state index contributed by atoms with van der Waals surface area (Å²) in [6.07, 6.45) is 6.00. The first-order valence-electron chi connectivity index (χ1n) is 9.72. The number of rotatable bonds is 3. The number of ether oxygens (including phenoxy) is 1. The number of hydrogen-bond acceptors (Lipinski definition) is 3. The van der Waals surface area contributed by atoms with Gasteiger partial charge in [-0.3, -0.25) is 4.90 Å². The highest BCUT2D eigenvalue weighted by Crippen LogP contribution is 2.35. The molecule has 0 radical (unpaired) electrons. The lowest BCUT2D eigenvalue weighted by Gasteiger charge is -2.49. The van der Waals surface area contributed by atoms with Crippen LogP contribution in [0.25, 0.3) is 0 Å². The van der Waals surface area contributed by atoms with Crippen LogP contribution in [-0.2, 0) is 11.3 Å².